The van der Waals surface area contributed by atoms with Gasteiger partial charge in [0, 0.05) is 20.9 Å². The first-order chi connectivity index (χ1) is 8.27. The van der Waals surface area contributed by atoms with E-state index in [4.69, 9.17) is 16.3 Å². The summed E-state index contributed by atoms with van der Waals surface area (Å²) in [5.41, 5.74) is 2.95. The van der Waals surface area contributed by atoms with E-state index in [9.17, 15) is 0 Å². The molecule has 1 nitrogen and oxygen atoms in total. The molecule has 1 atom stereocenters. The molecule has 0 amide bonds. The molecule has 2 aromatic rings. The van der Waals surface area contributed by atoms with Crippen LogP contribution < -0.4 is 4.74 Å². The van der Waals surface area contributed by atoms with Gasteiger partial charge in [0.2, 0.25) is 0 Å². The van der Waals surface area contributed by atoms with Crippen LogP contribution in [0.4, 0.5) is 0 Å². The Labute approximate surface area is 109 Å². The molecule has 0 N–H and O–H groups in total. The Morgan fingerprint density at radius 2 is 2.18 bits per heavy atom. The van der Waals surface area contributed by atoms with Crippen molar-refractivity contribution < 1.29 is 4.74 Å². The molecule has 1 aliphatic carbocycles. The van der Waals surface area contributed by atoms with Gasteiger partial charge in [-0.2, -0.15) is 0 Å². The van der Waals surface area contributed by atoms with Crippen LogP contribution in [0, 0.1) is 0 Å². The number of hydrogen-bond donors (Lipinski definition) is 0. The molecule has 0 saturated heterocycles. The third kappa shape index (κ3) is 1.31. The van der Waals surface area contributed by atoms with E-state index in [0.717, 1.165) is 30.2 Å². The van der Waals surface area contributed by atoms with Gasteiger partial charge in [0.05, 0.1) is 6.61 Å². The van der Waals surface area contributed by atoms with Crippen molar-refractivity contribution in [3.63, 3.8) is 0 Å². The molecule has 4 rings (SSSR count). The van der Waals surface area contributed by atoms with Crippen LogP contribution in [-0.4, -0.2) is 6.61 Å². The maximum atomic E-state index is 6.12. The molecule has 0 radical (unpaired) electrons. The zero-order valence-corrected chi connectivity index (χ0v) is 10.8. The van der Waals surface area contributed by atoms with Crippen molar-refractivity contribution in [1.82, 2.24) is 0 Å². The Kier molecular flexibility index (Phi) is 1.92. The van der Waals surface area contributed by atoms with E-state index in [0.29, 0.717) is 0 Å². The van der Waals surface area contributed by atoms with Crippen molar-refractivity contribution in [3.8, 4) is 5.75 Å². The highest BCUT2D eigenvalue weighted by Crippen LogP contribution is 2.49. The summed E-state index contributed by atoms with van der Waals surface area (Å²) in [6, 6.07) is 8.24. The summed E-state index contributed by atoms with van der Waals surface area (Å²) in [6.07, 6.45) is 2.20. The van der Waals surface area contributed by atoms with Crippen molar-refractivity contribution in [1.29, 1.82) is 0 Å². The van der Waals surface area contributed by atoms with Gasteiger partial charge in [0.15, 0.2) is 0 Å². The summed E-state index contributed by atoms with van der Waals surface area (Å²) >= 11 is 7.98. The zero-order chi connectivity index (χ0) is 11.5. The lowest BCUT2D eigenvalue weighted by molar-refractivity contribution is 0.271. The van der Waals surface area contributed by atoms with Crippen LogP contribution in [-0.2, 0) is 18.3 Å². The second kappa shape index (κ2) is 3.27. The predicted molar refractivity (Wildman–Crippen MR) is 70.4 cm³/mol. The molecule has 3 heteroatoms. The normalized spacial score (nSPS) is 24.8. The lowest BCUT2D eigenvalue weighted by atomic mass is 9.80. The number of ether oxygens (including phenoxy) is 1. The molecule has 0 fully saturated rings. The molecule has 2 aliphatic rings. The Hall–Kier alpha value is -0.990. The molecule has 17 heavy (non-hydrogen) atoms. The lowest BCUT2D eigenvalue weighted by Crippen LogP contribution is -2.28. The molecular weight excluding hydrogens is 252 g/mol. The second-order valence-electron chi connectivity index (χ2n) is 4.93. The van der Waals surface area contributed by atoms with Gasteiger partial charge >= 0.3 is 0 Å². The largest absolute Gasteiger partial charge is 0.492 e. The summed E-state index contributed by atoms with van der Waals surface area (Å²) in [6.45, 7) is 0.796. The molecule has 0 unspecified atom stereocenters. The van der Waals surface area contributed by atoms with Crippen LogP contribution in [0.25, 0.3) is 0 Å². The summed E-state index contributed by atoms with van der Waals surface area (Å²) in [7, 11) is 0. The van der Waals surface area contributed by atoms with Gasteiger partial charge in [0.1, 0.15) is 5.75 Å². The van der Waals surface area contributed by atoms with E-state index >= 15 is 0 Å². The monoisotopic (exact) mass is 262 g/mol. The molecular formula is C14H11ClOS. The van der Waals surface area contributed by atoms with Gasteiger partial charge in [-0.05, 0) is 48.1 Å². The fourth-order valence-corrected chi connectivity index (χ4v) is 4.26. The highest BCUT2D eigenvalue weighted by molar-refractivity contribution is 7.10. The first kappa shape index (κ1) is 9.98. The molecule has 1 aliphatic heterocycles. The quantitative estimate of drug-likeness (QED) is 0.701. The first-order valence-corrected chi connectivity index (χ1v) is 7.01. The Bertz CT molecular complexity index is 582. The number of halogens is 1. The predicted octanol–water partition coefficient (Wildman–Crippen LogP) is 3.83. The fourth-order valence-electron chi connectivity index (χ4n) is 3.04. The average molecular weight is 263 g/mol. The van der Waals surface area contributed by atoms with Gasteiger partial charge in [-0.15, -0.1) is 11.3 Å². The third-order valence-electron chi connectivity index (χ3n) is 3.88. The van der Waals surface area contributed by atoms with E-state index < -0.39 is 0 Å². The smallest absolute Gasteiger partial charge is 0.123 e. The highest BCUT2D eigenvalue weighted by Gasteiger charge is 2.45. The maximum absolute atomic E-state index is 6.12. The van der Waals surface area contributed by atoms with Crippen molar-refractivity contribution in [2.24, 2.45) is 0 Å². The molecule has 86 valence electrons. The molecule has 1 aromatic heterocycles. The Morgan fingerprint density at radius 1 is 1.24 bits per heavy atom. The number of rotatable bonds is 0. The van der Waals surface area contributed by atoms with E-state index in [1.54, 1.807) is 0 Å². The summed E-state index contributed by atoms with van der Waals surface area (Å²) in [5.74, 6) is 1.02. The molecule has 0 saturated carbocycles. The van der Waals surface area contributed by atoms with Crippen molar-refractivity contribution in [2.75, 3.05) is 6.61 Å². The summed E-state index contributed by atoms with van der Waals surface area (Å²) in [5, 5.41) is 3.00. The van der Waals surface area contributed by atoms with Crippen LogP contribution in [0.15, 0.2) is 29.6 Å². The lowest BCUT2D eigenvalue weighted by Gasteiger charge is -2.21. The Balaban J connectivity index is 1.85. The van der Waals surface area contributed by atoms with Crippen LogP contribution >= 0.6 is 22.9 Å². The van der Waals surface area contributed by atoms with Crippen LogP contribution in [0.2, 0.25) is 5.02 Å². The number of hydrogen-bond acceptors (Lipinski definition) is 2. The van der Waals surface area contributed by atoms with Crippen molar-refractivity contribution in [3.05, 3.63) is 50.7 Å². The number of fused-ring (bicyclic) bond motifs is 3. The van der Waals surface area contributed by atoms with Gasteiger partial charge < -0.3 is 4.74 Å². The fraction of sp³-hybridized carbons (Fsp3) is 0.286. The summed E-state index contributed by atoms with van der Waals surface area (Å²) in [4.78, 5) is 1.52. The minimum Gasteiger partial charge on any atom is -0.492 e. The minimum atomic E-state index is 0.155. The maximum Gasteiger partial charge on any atom is 0.123 e. The van der Waals surface area contributed by atoms with E-state index in [1.807, 2.05) is 23.5 Å². The van der Waals surface area contributed by atoms with E-state index in [-0.39, 0.29) is 5.41 Å². The molecule has 1 spiro atoms. The molecule has 2 heterocycles. The third-order valence-corrected chi connectivity index (χ3v) is 5.08. The first-order valence-electron chi connectivity index (χ1n) is 5.75. The topological polar surface area (TPSA) is 9.23 Å². The van der Waals surface area contributed by atoms with E-state index in [2.05, 4.69) is 17.5 Å². The van der Waals surface area contributed by atoms with Gasteiger partial charge in [-0.1, -0.05) is 11.6 Å². The van der Waals surface area contributed by atoms with Crippen LogP contribution in [0.5, 0.6) is 5.75 Å². The highest BCUT2D eigenvalue weighted by atomic mass is 35.5. The van der Waals surface area contributed by atoms with Gasteiger partial charge in [-0.3, -0.25) is 0 Å². The summed E-state index contributed by atoms with van der Waals surface area (Å²) < 4.78 is 5.84. The van der Waals surface area contributed by atoms with Crippen LogP contribution in [0.1, 0.15) is 16.0 Å². The van der Waals surface area contributed by atoms with E-state index in [1.165, 1.54) is 16.0 Å². The molecule has 0 bridgehead atoms. The van der Waals surface area contributed by atoms with Crippen LogP contribution in [0.3, 0.4) is 0 Å². The average Bonchev–Trinajstić information content (AvgIpc) is 2.94. The SMILES string of the molecule is Clc1ccc2c(c1)[C@]1(CO2)Cc2ccsc2C1. The standard InChI is InChI=1S/C14H11ClOS/c15-10-1-2-12-11(5-10)14(8-16-12)6-9-3-4-17-13(9)7-14/h1-5H,6-8H2/t14-/m1/s1. The van der Waals surface area contributed by atoms with Gasteiger partial charge in [0.25, 0.3) is 0 Å². The second-order valence-corrected chi connectivity index (χ2v) is 6.37. The number of thiophene rings is 1. The van der Waals surface area contributed by atoms with Crippen molar-refractivity contribution in [2.45, 2.75) is 18.3 Å². The minimum absolute atomic E-state index is 0.155. The van der Waals surface area contributed by atoms with Gasteiger partial charge in [-0.25, -0.2) is 0 Å². The van der Waals surface area contributed by atoms with Crippen molar-refractivity contribution >= 4 is 22.9 Å². The molecule has 1 aromatic carbocycles. The Morgan fingerprint density at radius 3 is 3.06 bits per heavy atom. The number of benzene rings is 1. The zero-order valence-electron chi connectivity index (χ0n) is 9.20.